The summed E-state index contributed by atoms with van der Waals surface area (Å²) in [6.45, 7) is 6.29. The highest BCUT2D eigenvalue weighted by Gasteiger charge is 2.27. The predicted molar refractivity (Wildman–Crippen MR) is 83.0 cm³/mol. The van der Waals surface area contributed by atoms with Crippen LogP contribution in [0.4, 0.5) is 30.8 Å². The van der Waals surface area contributed by atoms with Gasteiger partial charge in [0.1, 0.15) is 12.4 Å². The fraction of sp³-hybridized carbons (Fsp3) is 0.400. The molecule has 0 amide bonds. The van der Waals surface area contributed by atoms with Gasteiger partial charge in [0.25, 0.3) is 0 Å². The van der Waals surface area contributed by atoms with Crippen LogP contribution in [-0.4, -0.2) is 27.7 Å². The van der Waals surface area contributed by atoms with Gasteiger partial charge in [0.05, 0.1) is 0 Å². The van der Waals surface area contributed by atoms with Gasteiger partial charge in [-0.2, -0.15) is 28.1 Å². The fourth-order valence-electron chi connectivity index (χ4n) is 2.29. The number of benzene rings is 1. The summed E-state index contributed by atoms with van der Waals surface area (Å²) in [5, 5.41) is 5.23. The maximum absolute atomic E-state index is 12.3. The second-order valence-electron chi connectivity index (χ2n) is 5.40. The summed E-state index contributed by atoms with van der Waals surface area (Å²) in [5.41, 5.74) is 3.98. The zero-order valence-corrected chi connectivity index (χ0v) is 13.3. The van der Waals surface area contributed by atoms with Crippen molar-refractivity contribution >= 4 is 17.6 Å². The van der Waals surface area contributed by atoms with E-state index in [9.17, 15) is 13.2 Å². The first kappa shape index (κ1) is 17.0. The van der Waals surface area contributed by atoms with Crippen molar-refractivity contribution in [3.8, 4) is 0 Å². The monoisotopic (exact) mass is 325 g/mol. The molecule has 124 valence electrons. The van der Waals surface area contributed by atoms with Crippen molar-refractivity contribution in [1.29, 1.82) is 0 Å². The molecule has 0 atom stereocenters. The minimum Gasteiger partial charge on any atom is -0.345 e. The first-order chi connectivity index (χ1) is 10.6. The van der Waals surface area contributed by atoms with Crippen LogP contribution in [-0.2, 0) is 0 Å². The number of nitrogens with zero attached hydrogens (tertiary/aromatic N) is 3. The Morgan fingerprint density at radius 1 is 0.913 bits per heavy atom. The minimum atomic E-state index is -4.34. The van der Waals surface area contributed by atoms with Crippen LogP contribution in [0, 0.1) is 27.7 Å². The number of hydrogen-bond donors (Lipinski definition) is 2. The van der Waals surface area contributed by atoms with E-state index in [1.807, 2.05) is 32.9 Å². The highest BCUT2D eigenvalue weighted by atomic mass is 19.4. The van der Waals surface area contributed by atoms with Crippen LogP contribution in [0.2, 0.25) is 0 Å². The molecule has 0 aliphatic heterocycles. The van der Waals surface area contributed by atoms with Crippen LogP contribution >= 0.6 is 0 Å². The van der Waals surface area contributed by atoms with Crippen LogP contribution in [0.3, 0.4) is 0 Å². The van der Waals surface area contributed by atoms with Crippen LogP contribution in [0.15, 0.2) is 12.1 Å². The number of alkyl halides is 3. The molecule has 1 heterocycles. The summed E-state index contributed by atoms with van der Waals surface area (Å²) in [5.74, 6) is 0.423. The summed E-state index contributed by atoms with van der Waals surface area (Å²) in [7, 11) is 0. The second-order valence-corrected chi connectivity index (χ2v) is 5.40. The molecule has 0 spiro atoms. The van der Waals surface area contributed by atoms with Gasteiger partial charge in [-0.1, -0.05) is 17.7 Å². The molecule has 8 heteroatoms. The Morgan fingerprint density at radius 3 is 2.04 bits per heavy atom. The van der Waals surface area contributed by atoms with E-state index in [2.05, 4.69) is 25.6 Å². The molecule has 2 rings (SSSR count). The van der Waals surface area contributed by atoms with Gasteiger partial charge in [-0.15, -0.1) is 0 Å². The Labute approximate surface area is 132 Å². The SMILES string of the molecule is Cc1cc(C)c(Nc2nc(C)nc(NCC(F)(F)F)n2)c(C)c1. The lowest BCUT2D eigenvalue weighted by molar-refractivity contribution is -0.115. The first-order valence-corrected chi connectivity index (χ1v) is 7.02. The Kier molecular flexibility index (Phi) is 4.72. The smallest absolute Gasteiger partial charge is 0.345 e. The average molecular weight is 325 g/mol. The maximum atomic E-state index is 12.3. The highest BCUT2D eigenvalue weighted by molar-refractivity contribution is 5.64. The number of anilines is 3. The molecule has 0 aliphatic rings. The fourth-order valence-corrected chi connectivity index (χ4v) is 2.29. The molecule has 2 N–H and O–H groups in total. The number of aromatic nitrogens is 3. The van der Waals surface area contributed by atoms with Crippen molar-refractivity contribution in [1.82, 2.24) is 15.0 Å². The van der Waals surface area contributed by atoms with Crippen LogP contribution in [0.5, 0.6) is 0 Å². The number of rotatable bonds is 4. The minimum absolute atomic E-state index is 0.111. The third kappa shape index (κ3) is 4.80. The van der Waals surface area contributed by atoms with E-state index in [1.165, 1.54) is 0 Å². The van der Waals surface area contributed by atoms with Gasteiger partial charge < -0.3 is 10.6 Å². The van der Waals surface area contributed by atoms with Crippen LogP contribution in [0.1, 0.15) is 22.5 Å². The molecule has 0 radical (unpaired) electrons. The highest BCUT2D eigenvalue weighted by Crippen LogP contribution is 2.25. The van der Waals surface area contributed by atoms with E-state index >= 15 is 0 Å². The van der Waals surface area contributed by atoms with Crippen molar-refractivity contribution in [2.45, 2.75) is 33.9 Å². The molecule has 0 bridgehead atoms. The van der Waals surface area contributed by atoms with E-state index in [0.29, 0.717) is 5.82 Å². The van der Waals surface area contributed by atoms with Crippen LogP contribution < -0.4 is 10.6 Å². The van der Waals surface area contributed by atoms with Crippen molar-refractivity contribution < 1.29 is 13.2 Å². The Hall–Kier alpha value is -2.38. The summed E-state index contributed by atoms with van der Waals surface area (Å²) >= 11 is 0. The Bertz CT molecular complexity index is 690. The summed E-state index contributed by atoms with van der Waals surface area (Å²) in [6, 6.07) is 4.01. The topological polar surface area (TPSA) is 62.7 Å². The van der Waals surface area contributed by atoms with Gasteiger partial charge >= 0.3 is 6.18 Å². The number of aryl methyl sites for hydroxylation is 4. The normalized spacial score (nSPS) is 11.4. The summed E-state index contributed by atoms with van der Waals surface area (Å²) < 4.78 is 36.9. The number of hydrogen-bond acceptors (Lipinski definition) is 5. The zero-order valence-electron chi connectivity index (χ0n) is 13.3. The molecule has 0 unspecified atom stereocenters. The van der Waals surface area contributed by atoms with E-state index in [-0.39, 0.29) is 11.9 Å². The molecule has 0 aliphatic carbocycles. The lowest BCUT2D eigenvalue weighted by Gasteiger charge is -2.14. The largest absolute Gasteiger partial charge is 0.405 e. The number of halogens is 3. The Balaban J connectivity index is 2.25. The molecule has 1 aromatic carbocycles. The van der Waals surface area contributed by atoms with Crippen molar-refractivity contribution in [2.24, 2.45) is 0 Å². The van der Waals surface area contributed by atoms with Crippen molar-refractivity contribution in [3.05, 3.63) is 34.6 Å². The van der Waals surface area contributed by atoms with Gasteiger partial charge in [-0.25, -0.2) is 0 Å². The van der Waals surface area contributed by atoms with Crippen molar-refractivity contribution in [2.75, 3.05) is 17.2 Å². The van der Waals surface area contributed by atoms with Crippen molar-refractivity contribution in [3.63, 3.8) is 0 Å². The second kappa shape index (κ2) is 6.39. The van der Waals surface area contributed by atoms with E-state index in [1.54, 1.807) is 6.92 Å². The molecular weight excluding hydrogens is 307 g/mol. The van der Waals surface area contributed by atoms with E-state index in [0.717, 1.165) is 22.4 Å². The summed E-state index contributed by atoms with van der Waals surface area (Å²) in [6.07, 6.45) is -4.34. The molecule has 0 fully saturated rings. The standard InChI is InChI=1S/C15H18F3N5/c1-8-5-9(2)12(10(3)6-8)22-14-21-11(4)20-13(23-14)19-7-15(16,17)18/h5-6H,7H2,1-4H3,(H2,19,20,21,22,23). The van der Waals surface area contributed by atoms with E-state index in [4.69, 9.17) is 0 Å². The molecule has 2 aromatic rings. The molecular formula is C15H18F3N5. The number of nitrogens with one attached hydrogen (secondary N) is 2. The van der Waals surface area contributed by atoms with Gasteiger partial charge in [-0.05, 0) is 38.8 Å². The van der Waals surface area contributed by atoms with Gasteiger partial charge in [-0.3, -0.25) is 0 Å². The molecule has 5 nitrogen and oxygen atoms in total. The zero-order chi connectivity index (χ0) is 17.2. The third-order valence-corrected chi connectivity index (χ3v) is 3.11. The van der Waals surface area contributed by atoms with Gasteiger partial charge in [0.15, 0.2) is 0 Å². The van der Waals surface area contributed by atoms with Crippen LogP contribution in [0.25, 0.3) is 0 Å². The molecule has 0 saturated carbocycles. The summed E-state index contributed by atoms with van der Waals surface area (Å²) in [4.78, 5) is 12.0. The lowest BCUT2D eigenvalue weighted by Crippen LogP contribution is -2.23. The average Bonchev–Trinajstić information content (AvgIpc) is 2.39. The first-order valence-electron chi connectivity index (χ1n) is 7.02. The van der Waals surface area contributed by atoms with Gasteiger partial charge in [0.2, 0.25) is 11.9 Å². The Morgan fingerprint density at radius 2 is 1.48 bits per heavy atom. The van der Waals surface area contributed by atoms with E-state index < -0.39 is 12.7 Å². The molecule has 23 heavy (non-hydrogen) atoms. The third-order valence-electron chi connectivity index (χ3n) is 3.11. The lowest BCUT2D eigenvalue weighted by atomic mass is 10.1. The molecule has 1 aromatic heterocycles. The molecule has 0 saturated heterocycles. The van der Waals surface area contributed by atoms with Gasteiger partial charge in [0, 0.05) is 5.69 Å². The maximum Gasteiger partial charge on any atom is 0.405 e. The predicted octanol–water partition coefficient (Wildman–Crippen LogP) is 3.82. The quantitative estimate of drug-likeness (QED) is 0.895.